The van der Waals surface area contributed by atoms with Gasteiger partial charge in [0.15, 0.2) is 30.5 Å². The third kappa shape index (κ3) is 30.2. The van der Waals surface area contributed by atoms with Crippen molar-refractivity contribution in [2.24, 2.45) is 5.92 Å². The van der Waals surface area contributed by atoms with Gasteiger partial charge in [0.1, 0.15) is 161 Å². The maximum Gasteiger partial charge on any atom is 0.509 e. The molecule has 0 aromatic heterocycles. The molecule has 8 aliphatic heterocycles. The first-order valence-corrected chi connectivity index (χ1v) is 29.4. The molecule has 0 bridgehead atoms. The van der Waals surface area contributed by atoms with Crippen molar-refractivity contribution in [2.45, 2.75) is 178 Å². The highest BCUT2D eigenvalue weighted by molar-refractivity contribution is 5.64. The highest BCUT2D eigenvalue weighted by Crippen LogP contribution is 2.37. The lowest BCUT2D eigenvalue weighted by Crippen LogP contribution is -2.46. The van der Waals surface area contributed by atoms with E-state index in [9.17, 15) is 54.0 Å². The predicted octanol–water partition coefficient (Wildman–Crippen LogP) is -13.8. The first-order chi connectivity index (χ1) is 48.0. The van der Waals surface area contributed by atoms with Crippen LogP contribution >= 0.6 is 0 Å². The van der Waals surface area contributed by atoms with Gasteiger partial charge in [-0.1, -0.05) is 0 Å². The second-order valence-corrected chi connectivity index (χ2v) is 21.5. The molecule has 9 rings (SSSR count). The van der Waals surface area contributed by atoms with Crippen molar-refractivity contribution in [1.82, 2.24) is 0 Å². The molecule has 8 heterocycles. The fourth-order valence-electron chi connectivity index (χ4n) is 9.32. The van der Waals surface area contributed by atoms with Gasteiger partial charge in [-0.25, -0.2) is 33.6 Å². The highest BCUT2D eigenvalue weighted by atomic mass is 16.8. The van der Waals surface area contributed by atoms with Gasteiger partial charge in [0.2, 0.25) is 0 Å². The number of ether oxygens (including phenoxy) is 15. The zero-order chi connectivity index (χ0) is 77.8. The molecule has 0 spiro atoms. The molecule has 590 valence electrons. The van der Waals surface area contributed by atoms with Gasteiger partial charge in [-0.2, -0.15) is 19.2 Å². The van der Waals surface area contributed by atoms with Crippen LogP contribution in [-0.2, 0) is 90.2 Å². The molecule has 50 heteroatoms. The molecule has 50 nitrogen and oxygen atoms in total. The van der Waals surface area contributed by atoms with E-state index in [-0.39, 0.29) is 58.6 Å². The summed E-state index contributed by atoms with van der Waals surface area (Å²) >= 11 is 0. The lowest BCUT2D eigenvalue weighted by atomic mass is 9.98. The van der Waals surface area contributed by atoms with E-state index in [1.54, 1.807) is 0 Å². The van der Waals surface area contributed by atoms with Crippen LogP contribution in [0.2, 0.25) is 0 Å². The predicted molar refractivity (Wildman–Crippen MR) is 296 cm³/mol. The molecule has 0 radical (unpaired) electrons. The normalized spacial score (nSPS) is 31.6. The Morgan fingerprint density at radius 3 is 1.06 bits per heavy atom. The summed E-state index contributed by atoms with van der Waals surface area (Å²) in [5, 5.41) is 213. The van der Waals surface area contributed by atoms with E-state index in [4.69, 9.17) is 154 Å². The van der Waals surface area contributed by atoms with Gasteiger partial charge < -0.3 is 194 Å². The number of hydrogen-bond acceptors (Lipinski definition) is 48. The summed E-state index contributed by atoms with van der Waals surface area (Å²) in [5.74, 6) is -0.480. The fourth-order valence-corrected chi connectivity index (χ4v) is 9.32. The molecule has 1 aliphatic carbocycles. The lowest BCUT2D eigenvalue weighted by molar-refractivity contribution is -0.193. The van der Waals surface area contributed by atoms with Crippen LogP contribution in [0, 0.1) is 5.92 Å². The maximum absolute atomic E-state index is 10.9. The number of hydrogen-bond donors (Lipinski definition) is 24. The minimum Gasteiger partial charge on any atom is -0.450 e. The van der Waals surface area contributed by atoms with E-state index >= 15 is 0 Å². The van der Waals surface area contributed by atoms with E-state index in [1.807, 2.05) is 0 Å². The minimum atomic E-state index is -1.67. The van der Waals surface area contributed by atoms with Gasteiger partial charge in [0, 0.05) is 5.92 Å². The van der Waals surface area contributed by atoms with Crippen LogP contribution in [0.15, 0.2) is 0 Å². The number of carboxylic acid groups (broad SMARTS) is 2. The zero-order valence-corrected chi connectivity index (χ0v) is 52.6. The Morgan fingerprint density at radius 1 is 0.402 bits per heavy atom. The molecular formula is C52H82O50. The Morgan fingerprint density at radius 2 is 0.745 bits per heavy atom. The van der Waals surface area contributed by atoms with Crippen LogP contribution in [0.5, 0.6) is 0 Å². The minimum absolute atomic E-state index is 0.00287. The highest BCUT2D eigenvalue weighted by Gasteiger charge is 2.54. The van der Waals surface area contributed by atoms with Crippen molar-refractivity contribution in [3.05, 3.63) is 0 Å². The van der Waals surface area contributed by atoms with E-state index in [0.717, 1.165) is 0 Å². The monoisotopic (exact) mass is 1510 g/mol. The molecule has 0 amide bonds. The fraction of sp³-hybridized carbons (Fsp3) is 0.827. The van der Waals surface area contributed by atoms with Crippen LogP contribution in [0.25, 0.3) is 0 Å². The molecular weight excluding hydrogens is 1420 g/mol. The molecule has 8 saturated heterocycles. The molecule has 9 aliphatic rings. The van der Waals surface area contributed by atoms with Crippen molar-refractivity contribution < 1.29 is 246 Å². The van der Waals surface area contributed by atoms with Crippen LogP contribution in [0.4, 0.5) is 33.6 Å². The van der Waals surface area contributed by atoms with Gasteiger partial charge in [0.25, 0.3) is 0 Å². The van der Waals surface area contributed by atoms with Gasteiger partial charge in [-0.15, -0.1) is 0 Å². The number of carbonyl (C=O) groups excluding carboxylic acids is 9. The van der Waals surface area contributed by atoms with Crippen molar-refractivity contribution in [3.63, 3.8) is 0 Å². The average Bonchev–Trinajstić information content (AvgIpc) is 1.65. The average molecular weight is 1510 g/mol. The Balaban J connectivity index is 0.000000591. The molecule has 0 aromatic rings. The number of cyclic esters (lactones) is 8. The molecule has 1 saturated carbocycles. The van der Waals surface area contributed by atoms with Crippen LogP contribution in [-0.4, -0.2) is 429 Å². The van der Waals surface area contributed by atoms with Crippen molar-refractivity contribution in [3.8, 4) is 0 Å². The van der Waals surface area contributed by atoms with E-state index in [1.165, 1.54) is 0 Å². The third-order valence-corrected chi connectivity index (χ3v) is 14.6. The summed E-state index contributed by atoms with van der Waals surface area (Å²) in [5.41, 5.74) is 0. The Kier molecular flexibility index (Phi) is 43.4. The quantitative estimate of drug-likeness (QED) is 0.0375. The molecule has 24 N–H and O–H groups in total. The van der Waals surface area contributed by atoms with Crippen molar-refractivity contribution in [2.75, 3.05) is 85.9 Å². The number of aliphatic hydroxyl groups excluding tert-OH is 22. The van der Waals surface area contributed by atoms with Gasteiger partial charge >= 0.3 is 55.4 Å². The largest absolute Gasteiger partial charge is 0.509 e. The smallest absolute Gasteiger partial charge is 0.450 e. The van der Waals surface area contributed by atoms with Gasteiger partial charge in [-0.05, 0) is 12.8 Å². The van der Waals surface area contributed by atoms with Crippen molar-refractivity contribution >= 4 is 55.4 Å². The van der Waals surface area contributed by atoms with E-state index in [2.05, 4.69) is 37.9 Å². The molecule has 5 unspecified atom stereocenters. The number of rotatable bonds is 21. The van der Waals surface area contributed by atoms with E-state index in [0.29, 0.717) is 12.8 Å². The number of fused-ring (bicyclic) bond motifs is 1. The summed E-state index contributed by atoms with van der Waals surface area (Å²) < 4.78 is 70.7. The summed E-state index contributed by atoms with van der Waals surface area (Å²) in [6, 6.07) is 0. The summed E-state index contributed by atoms with van der Waals surface area (Å²) in [6.07, 6.45) is -36.1. The Labute approximate surface area is 570 Å². The Bertz CT molecular complexity index is 2440. The topological polar surface area (TPSA) is 812 Å². The summed E-state index contributed by atoms with van der Waals surface area (Å²) in [6.45, 7) is -3.80. The Hall–Kier alpha value is -7.35. The number of aliphatic hydroxyl groups is 22. The zero-order valence-electron chi connectivity index (χ0n) is 52.6. The standard InChI is InChI=1S/C10H12O9.C8H8O7.2C7H12O7.C6H14O6.2C6H12O5.2CO2/c11-8(12)17-5-2-1-4(7(5)19-9(13)14)6-3-16-10(15)18-6;9-7-12-2-3(13-7)5-6-4(1-11-5)14-8(10)15-6;2*8-1-3(9)5(10)6(11)4-2-13-7(12)14-4;7-1-3(9)5(11)6(12)4(10)2-8;2*7-1-3(8)6-5(10)4(9)2-11-6;2*2-1-3/h4-7H,1-3H2,(H,11,12)(H,13,14);3-6H,1-2H2;2*3-6,8-11H,1-2H2;3-12H,1-2H2;2*3-10H,1-2H2;;/t4?,5-,6+,7-;3-,4+,5?,6+;3-,4+,5+,6+;3-,4+,5-,6?;3-,4+,5-,6-;3-,4+,5+,6?;3-,4+,5-,6?;;/m0001101../s1. The van der Waals surface area contributed by atoms with E-state index < -0.39 is 253 Å². The van der Waals surface area contributed by atoms with Gasteiger partial charge in [0.05, 0.1) is 59.5 Å². The molecule has 9 fully saturated rings. The first-order valence-electron chi connectivity index (χ1n) is 29.4. The third-order valence-electron chi connectivity index (χ3n) is 14.6. The van der Waals surface area contributed by atoms with Crippen LogP contribution < -0.4 is 0 Å². The first kappa shape index (κ1) is 92.7. The summed E-state index contributed by atoms with van der Waals surface area (Å²) in [7, 11) is 0. The van der Waals surface area contributed by atoms with Crippen LogP contribution in [0.3, 0.4) is 0 Å². The van der Waals surface area contributed by atoms with Crippen LogP contribution in [0.1, 0.15) is 12.8 Å². The molecule has 102 heavy (non-hydrogen) atoms. The maximum atomic E-state index is 10.9. The number of carbonyl (C=O) groups is 7. The molecule has 28 atom stereocenters. The second kappa shape index (κ2) is 47.8. The summed E-state index contributed by atoms with van der Waals surface area (Å²) in [4.78, 5) is 107. The lowest BCUT2D eigenvalue weighted by Gasteiger charge is -2.24. The SMILES string of the molecule is O=C(O)O[C@H]1CCC([C@H]2COC(=O)O2)[C@@H]1OC(=O)O.O=C1OC[C@@H](C(O)[C@H](O)[C@H](O)CO)O1.O=C1OC[C@@H](C2OC[C@H]3OC(=O)O[C@@H]23)O1.O=C1OC[C@H]([C@@H](O)[C@H](O)[C@@H](O)CO)O1.O=C=O.O=C=O.OC[C@@H](O)C1OC[C@H](O)[C@H]1O.OC[C@@H](O)[C@@H](O)[C@H](O)[C@@H](O)CO.OC[C@H](O)C1OC[C@@H](O)[C@H]1O. The van der Waals surface area contributed by atoms with Gasteiger partial charge in [-0.3, -0.25) is 0 Å². The second-order valence-electron chi connectivity index (χ2n) is 21.5. The van der Waals surface area contributed by atoms with Crippen molar-refractivity contribution in [1.29, 1.82) is 0 Å². The molecule has 0 aromatic carbocycles.